The number of anilines is 1. The van der Waals surface area contributed by atoms with Crippen molar-refractivity contribution in [2.75, 3.05) is 18.4 Å². The second-order valence-electron chi connectivity index (χ2n) is 5.05. The molecule has 114 valence electrons. The number of rotatable bonds is 3. The first-order valence-electron chi connectivity index (χ1n) is 6.88. The van der Waals surface area contributed by atoms with Crippen molar-refractivity contribution >= 4 is 28.6 Å². The fraction of sp³-hybridized carbons (Fsp3) is 0.286. The Morgan fingerprint density at radius 2 is 2.09 bits per heavy atom. The first-order chi connectivity index (χ1) is 10.6. The number of benzene rings is 1. The largest absolute Gasteiger partial charge is 0.369 e. The maximum Gasteiger partial charge on any atom is 0.323 e. The molecule has 1 aromatic carbocycles. The van der Waals surface area contributed by atoms with Crippen molar-refractivity contribution in [1.82, 2.24) is 14.3 Å². The lowest BCUT2D eigenvalue weighted by Crippen LogP contribution is -2.34. The van der Waals surface area contributed by atoms with Crippen LogP contribution < -0.4 is 11.1 Å². The monoisotopic (exact) mass is 317 g/mol. The van der Waals surface area contributed by atoms with E-state index in [1.165, 1.54) is 0 Å². The molecule has 1 aliphatic heterocycles. The maximum absolute atomic E-state index is 12.1. The van der Waals surface area contributed by atoms with Crippen LogP contribution in [-0.4, -0.2) is 39.3 Å². The Labute approximate surface area is 131 Å². The number of primary amides is 1. The second kappa shape index (κ2) is 6.10. The van der Waals surface area contributed by atoms with Gasteiger partial charge in [0.05, 0.1) is 5.92 Å². The quantitative estimate of drug-likeness (QED) is 0.896. The standard InChI is InChI=1S/C14H15N5O2S/c15-11(20)10-6-7-19(8-10)14(21)17-13-16-12(18-22-13)9-4-2-1-3-5-9/h1-5,10H,6-8H2,(H2,15,20)(H,16,17,18,21). The van der Waals surface area contributed by atoms with Gasteiger partial charge in [-0.1, -0.05) is 30.3 Å². The van der Waals surface area contributed by atoms with E-state index in [0.29, 0.717) is 30.5 Å². The second-order valence-corrected chi connectivity index (χ2v) is 5.81. The molecule has 0 bridgehead atoms. The number of hydrogen-bond donors (Lipinski definition) is 2. The first kappa shape index (κ1) is 14.5. The van der Waals surface area contributed by atoms with Gasteiger partial charge in [-0.15, -0.1) is 0 Å². The molecule has 0 saturated carbocycles. The number of likely N-dealkylation sites (tertiary alicyclic amines) is 1. The number of carbonyl (C=O) groups is 2. The minimum atomic E-state index is -0.363. The van der Waals surface area contributed by atoms with Crippen molar-refractivity contribution in [3.05, 3.63) is 30.3 Å². The number of nitrogens with one attached hydrogen (secondary N) is 1. The highest BCUT2D eigenvalue weighted by Gasteiger charge is 2.30. The number of nitrogens with zero attached hydrogens (tertiary/aromatic N) is 3. The lowest BCUT2D eigenvalue weighted by atomic mass is 10.1. The SMILES string of the molecule is NC(=O)C1CCN(C(=O)Nc2nc(-c3ccccc3)ns2)C1. The highest BCUT2D eigenvalue weighted by Crippen LogP contribution is 2.22. The van der Waals surface area contributed by atoms with Gasteiger partial charge in [0.25, 0.3) is 0 Å². The van der Waals surface area contributed by atoms with Crippen LogP contribution in [0.5, 0.6) is 0 Å². The Bertz CT molecular complexity index is 688. The lowest BCUT2D eigenvalue weighted by molar-refractivity contribution is -0.121. The van der Waals surface area contributed by atoms with Crippen molar-refractivity contribution in [3.63, 3.8) is 0 Å². The van der Waals surface area contributed by atoms with Gasteiger partial charge in [-0.05, 0) is 6.42 Å². The third-order valence-corrected chi connectivity index (χ3v) is 4.18. The van der Waals surface area contributed by atoms with Crippen molar-refractivity contribution in [3.8, 4) is 11.4 Å². The molecule has 1 aliphatic rings. The molecule has 2 heterocycles. The van der Waals surface area contributed by atoms with Crippen LogP contribution in [0.3, 0.4) is 0 Å². The molecule has 1 fully saturated rings. The third-order valence-electron chi connectivity index (χ3n) is 3.55. The molecule has 3 rings (SSSR count). The van der Waals surface area contributed by atoms with Gasteiger partial charge in [0, 0.05) is 30.2 Å². The molecule has 2 aromatic rings. The molecule has 1 aromatic heterocycles. The zero-order valence-corrected chi connectivity index (χ0v) is 12.5. The molecule has 7 nitrogen and oxygen atoms in total. The molecule has 8 heteroatoms. The summed E-state index contributed by atoms with van der Waals surface area (Å²) in [6.45, 7) is 0.870. The van der Waals surface area contributed by atoms with Crippen LogP contribution in [0.15, 0.2) is 30.3 Å². The fourth-order valence-corrected chi connectivity index (χ4v) is 2.91. The Morgan fingerprint density at radius 1 is 1.32 bits per heavy atom. The van der Waals surface area contributed by atoms with Crippen LogP contribution in [0.1, 0.15) is 6.42 Å². The van der Waals surface area contributed by atoms with E-state index < -0.39 is 0 Å². The highest BCUT2D eigenvalue weighted by molar-refractivity contribution is 7.10. The zero-order valence-electron chi connectivity index (χ0n) is 11.7. The van der Waals surface area contributed by atoms with E-state index in [1.807, 2.05) is 30.3 Å². The Balaban J connectivity index is 1.63. The van der Waals surface area contributed by atoms with Gasteiger partial charge in [-0.25, -0.2) is 4.79 Å². The predicted octanol–water partition coefficient (Wildman–Crippen LogP) is 1.54. The zero-order chi connectivity index (χ0) is 15.5. The predicted molar refractivity (Wildman–Crippen MR) is 83.2 cm³/mol. The Kier molecular flexibility index (Phi) is 4.01. The number of aromatic nitrogens is 2. The van der Waals surface area contributed by atoms with E-state index in [1.54, 1.807) is 4.90 Å². The summed E-state index contributed by atoms with van der Waals surface area (Å²) in [4.78, 5) is 29.1. The Hall–Kier alpha value is -2.48. The van der Waals surface area contributed by atoms with Crippen molar-refractivity contribution in [2.45, 2.75) is 6.42 Å². The molecule has 22 heavy (non-hydrogen) atoms. The first-order valence-corrected chi connectivity index (χ1v) is 7.65. The van der Waals surface area contributed by atoms with Crippen LogP contribution in [-0.2, 0) is 4.79 Å². The van der Waals surface area contributed by atoms with Gasteiger partial charge in [-0.3, -0.25) is 10.1 Å². The summed E-state index contributed by atoms with van der Waals surface area (Å²) in [6, 6.07) is 9.27. The van der Waals surface area contributed by atoms with Crippen LogP contribution in [0.25, 0.3) is 11.4 Å². The fourth-order valence-electron chi connectivity index (χ4n) is 2.33. The van der Waals surface area contributed by atoms with Gasteiger partial charge >= 0.3 is 6.03 Å². The van der Waals surface area contributed by atoms with E-state index in [0.717, 1.165) is 17.1 Å². The number of amides is 3. The summed E-state index contributed by atoms with van der Waals surface area (Å²) in [6.07, 6.45) is 0.605. The van der Waals surface area contributed by atoms with E-state index in [4.69, 9.17) is 5.73 Å². The summed E-state index contributed by atoms with van der Waals surface area (Å²) in [5.74, 6) is -0.0463. The van der Waals surface area contributed by atoms with E-state index in [2.05, 4.69) is 14.7 Å². The van der Waals surface area contributed by atoms with E-state index in [9.17, 15) is 9.59 Å². The highest BCUT2D eigenvalue weighted by atomic mass is 32.1. The molecule has 3 N–H and O–H groups in total. The summed E-state index contributed by atoms with van der Waals surface area (Å²) in [7, 11) is 0. The average molecular weight is 317 g/mol. The normalized spacial score (nSPS) is 17.5. The molecule has 3 amide bonds. The summed E-state index contributed by atoms with van der Waals surface area (Å²) in [5.41, 5.74) is 6.16. The molecule has 1 saturated heterocycles. The lowest BCUT2D eigenvalue weighted by Gasteiger charge is -2.15. The number of urea groups is 1. The van der Waals surface area contributed by atoms with Crippen molar-refractivity contribution in [2.24, 2.45) is 11.7 Å². The van der Waals surface area contributed by atoms with Gasteiger partial charge in [0.2, 0.25) is 11.0 Å². The molecule has 0 radical (unpaired) electrons. The van der Waals surface area contributed by atoms with Crippen molar-refractivity contribution in [1.29, 1.82) is 0 Å². The summed E-state index contributed by atoms with van der Waals surface area (Å²) >= 11 is 1.13. The van der Waals surface area contributed by atoms with Gasteiger partial charge < -0.3 is 10.6 Å². The summed E-state index contributed by atoms with van der Waals surface area (Å²) < 4.78 is 4.23. The molecular weight excluding hydrogens is 302 g/mol. The smallest absolute Gasteiger partial charge is 0.323 e. The molecule has 0 spiro atoms. The summed E-state index contributed by atoms with van der Waals surface area (Å²) in [5, 5.41) is 3.15. The number of carbonyl (C=O) groups excluding carboxylic acids is 2. The average Bonchev–Trinajstić information content (AvgIpc) is 3.17. The van der Waals surface area contributed by atoms with E-state index in [-0.39, 0.29) is 17.9 Å². The molecule has 1 unspecified atom stereocenters. The van der Waals surface area contributed by atoms with Gasteiger partial charge in [0.15, 0.2) is 5.82 Å². The number of hydrogen-bond acceptors (Lipinski definition) is 5. The molecular formula is C14H15N5O2S. The number of nitrogens with two attached hydrogens (primary N) is 1. The maximum atomic E-state index is 12.1. The van der Waals surface area contributed by atoms with Crippen LogP contribution in [0.2, 0.25) is 0 Å². The molecule has 1 atom stereocenters. The van der Waals surface area contributed by atoms with Crippen LogP contribution in [0, 0.1) is 5.92 Å². The topological polar surface area (TPSA) is 101 Å². The van der Waals surface area contributed by atoms with Crippen LogP contribution >= 0.6 is 11.5 Å². The minimum absolute atomic E-state index is 0.264. The van der Waals surface area contributed by atoms with E-state index >= 15 is 0 Å². The van der Waals surface area contributed by atoms with Crippen LogP contribution in [0.4, 0.5) is 9.93 Å². The van der Waals surface area contributed by atoms with Crippen molar-refractivity contribution < 1.29 is 9.59 Å². The molecule has 0 aliphatic carbocycles. The van der Waals surface area contributed by atoms with Gasteiger partial charge in [-0.2, -0.15) is 9.36 Å². The van der Waals surface area contributed by atoms with Gasteiger partial charge in [0.1, 0.15) is 0 Å². The third kappa shape index (κ3) is 3.06. The minimum Gasteiger partial charge on any atom is -0.369 e. The Morgan fingerprint density at radius 3 is 2.77 bits per heavy atom.